The van der Waals surface area contributed by atoms with Crippen molar-refractivity contribution in [2.45, 2.75) is 32.7 Å². The van der Waals surface area contributed by atoms with Crippen LogP contribution in [0.1, 0.15) is 36.1 Å². The van der Waals surface area contributed by atoms with Crippen molar-refractivity contribution in [3.05, 3.63) is 69.7 Å². The first-order chi connectivity index (χ1) is 9.70. The zero-order valence-electron chi connectivity index (χ0n) is 12.2. The van der Waals surface area contributed by atoms with Gasteiger partial charge in [0.25, 0.3) is 0 Å². The minimum Gasteiger partial charge on any atom is -0.310 e. The Balaban J connectivity index is 2.22. The molecule has 0 radical (unpaired) electrons. The summed E-state index contributed by atoms with van der Waals surface area (Å²) in [6, 6.07) is 17.6. The van der Waals surface area contributed by atoms with E-state index in [-0.39, 0.29) is 0 Å². The van der Waals surface area contributed by atoms with Gasteiger partial charge in [0.05, 0.1) is 0 Å². The van der Waals surface area contributed by atoms with Crippen LogP contribution in [0, 0.1) is 6.92 Å². The molecule has 2 aromatic rings. The lowest BCUT2D eigenvalue weighted by molar-refractivity contribution is 0.527. The summed E-state index contributed by atoms with van der Waals surface area (Å²) in [5.41, 5.74) is 4.04. The van der Waals surface area contributed by atoms with Gasteiger partial charge in [-0.25, -0.2) is 0 Å². The van der Waals surface area contributed by atoms with Crippen LogP contribution >= 0.6 is 15.9 Å². The van der Waals surface area contributed by atoms with Crippen molar-refractivity contribution in [2.75, 3.05) is 6.54 Å². The fraction of sp³-hybridized carbons (Fsp3) is 0.333. The molecule has 2 rings (SSSR count). The maximum atomic E-state index is 3.68. The van der Waals surface area contributed by atoms with Crippen LogP contribution in [0.5, 0.6) is 0 Å². The Hall–Kier alpha value is -1.12. The molecule has 0 saturated carbocycles. The molecule has 0 aliphatic carbocycles. The summed E-state index contributed by atoms with van der Waals surface area (Å²) in [6.07, 6.45) is 2.17. The van der Waals surface area contributed by atoms with Gasteiger partial charge in [0.2, 0.25) is 0 Å². The van der Waals surface area contributed by atoms with Crippen LogP contribution < -0.4 is 5.32 Å². The highest BCUT2D eigenvalue weighted by Crippen LogP contribution is 2.26. The van der Waals surface area contributed by atoms with Crippen LogP contribution in [0.15, 0.2) is 53.0 Å². The van der Waals surface area contributed by atoms with Gasteiger partial charge in [-0.2, -0.15) is 0 Å². The number of hydrogen-bond acceptors (Lipinski definition) is 1. The molecular formula is C18H22BrN. The maximum absolute atomic E-state index is 3.68. The van der Waals surface area contributed by atoms with Crippen LogP contribution in [0.4, 0.5) is 0 Å². The molecule has 0 bridgehead atoms. The molecule has 1 unspecified atom stereocenters. The van der Waals surface area contributed by atoms with Crippen molar-refractivity contribution in [2.24, 2.45) is 0 Å². The first kappa shape index (κ1) is 15.3. The zero-order valence-corrected chi connectivity index (χ0v) is 13.8. The van der Waals surface area contributed by atoms with Crippen LogP contribution in [0.3, 0.4) is 0 Å². The molecule has 0 heterocycles. The van der Waals surface area contributed by atoms with E-state index in [9.17, 15) is 0 Å². The van der Waals surface area contributed by atoms with Crippen molar-refractivity contribution in [3.8, 4) is 0 Å². The van der Waals surface area contributed by atoms with Gasteiger partial charge in [-0.1, -0.05) is 70.9 Å². The predicted octanol–water partition coefficient (Wildman–Crippen LogP) is 5.04. The summed E-state index contributed by atoms with van der Waals surface area (Å²) in [6.45, 7) is 5.39. The van der Waals surface area contributed by atoms with Crippen LogP contribution in [0.25, 0.3) is 0 Å². The lowest BCUT2D eigenvalue weighted by atomic mass is 9.98. The second-order valence-electron chi connectivity index (χ2n) is 5.22. The van der Waals surface area contributed by atoms with Crippen molar-refractivity contribution in [3.63, 3.8) is 0 Å². The third-order valence-electron chi connectivity index (χ3n) is 3.44. The van der Waals surface area contributed by atoms with Gasteiger partial charge in [0.15, 0.2) is 0 Å². The van der Waals surface area contributed by atoms with Crippen molar-refractivity contribution < 1.29 is 0 Å². The van der Waals surface area contributed by atoms with Gasteiger partial charge in [-0.3, -0.25) is 0 Å². The fourth-order valence-electron chi connectivity index (χ4n) is 2.44. The average Bonchev–Trinajstić information content (AvgIpc) is 2.44. The van der Waals surface area contributed by atoms with Gasteiger partial charge < -0.3 is 5.32 Å². The molecule has 2 heteroatoms. The van der Waals surface area contributed by atoms with Gasteiger partial charge in [-0.15, -0.1) is 0 Å². The van der Waals surface area contributed by atoms with E-state index in [1.54, 1.807) is 0 Å². The normalized spacial score (nSPS) is 12.3. The molecule has 0 saturated heterocycles. The van der Waals surface area contributed by atoms with E-state index in [0.717, 1.165) is 19.4 Å². The van der Waals surface area contributed by atoms with Crippen LogP contribution in [-0.4, -0.2) is 6.54 Å². The highest BCUT2D eigenvalue weighted by Gasteiger charge is 2.14. The highest BCUT2D eigenvalue weighted by atomic mass is 79.9. The first-order valence-corrected chi connectivity index (χ1v) is 8.03. The zero-order chi connectivity index (χ0) is 14.4. The largest absolute Gasteiger partial charge is 0.310 e. The van der Waals surface area contributed by atoms with Crippen LogP contribution in [-0.2, 0) is 6.42 Å². The van der Waals surface area contributed by atoms with E-state index in [1.165, 1.54) is 21.2 Å². The first-order valence-electron chi connectivity index (χ1n) is 7.24. The number of aryl methyl sites for hydroxylation is 1. The summed E-state index contributed by atoms with van der Waals surface area (Å²) in [7, 11) is 0. The third-order valence-corrected chi connectivity index (χ3v) is 4.17. The summed E-state index contributed by atoms with van der Waals surface area (Å²) in [5, 5.41) is 3.66. The Morgan fingerprint density at radius 1 is 1.10 bits per heavy atom. The minimum atomic E-state index is 0.354. The monoisotopic (exact) mass is 331 g/mol. The van der Waals surface area contributed by atoms with E-state index < -0.39 is 0 Å². The van der Waals surface area contributed by atoms with Gasteiger partial charge in [0.1, 0.15) is 0 Å². The molecule has 0 aliphatic rings. The predicted molar refractivity (Wildman–Crippen MR) is 90.1 cm³/mol. The Labute approximate surface area is 130 Å². The molecule has 0 aliphatic heterocycles. The van der Waals surface area contributed by atoms with Gasteiger partial charge in [0, 0.05) is 10.5 Å². The minimum absolute atomic E-state index is 0.354. The SMILES string of the molecule is CCCNC(Cc1cccc(C)c1)c1ccccc1Br. The Morgan fingerprint density at radius 2 is 1.90 bits per heavy atom. The van der Waals surface area contributed by atoms with Gasteiger partial charge >= 0.3 is 0 Å². The lowest BCUT2D eigenvalue weighted by Gasteiger charge is -2.20. The van der Waals surface area contributed by atoms with Crippen molar-refractivity contribution in [1.29, 1.82) is 0 Å². The Morgan fingerprint density at radius 3 is 2.60 bits per heavy atom. The molecule has 1 N–H and O–H groups in total. The second-order valence-corrected chi connectivity index (χ2v) is 6.08. The molecule has 0 aromatic heterocycles. The molecule has 0 amide bonds. The van der Waals surface area contributed by atoms with E-state index >= 15 is 0 Å². The standard InChI is InChI=1S/C18H22BrN/c1-3-11-20-18(16-9-4-5-10-17(16)19)13-15-8-6-7-14(2)12-15/h4-10,12,18,20H,3,11,13H2,1-2H3. The van der Waals surface area contributed by atoms with E-state index in [2.05, 4.69) is 83.6 Å². The summed E-state index contributed by atoms with van der Waals surface area (Å²) in [5.74, 6) is 0. The molecule has 20 heavy (non-hydrogen) atoms. The van der Waals surface area contributed by atoms with E-state index in [0.29, 0.717) is 6.04 Å². The van der Waals surface area contributed by atoms with Gasteiger partial charge in [-0.05, 0) is 43.5 Å². The van der Waals surface area contributed by atoms with E-state index in [1.807, 2.05) is 0 Å². The number of nitrogens with one attached hydrogen (secondary N) is 1. The average molecular weight is 332 g/mol. The highest BCUT2D eigenvalue weighted by molar-refractivity contribution is 9.10. The van der Waals surface area contributed by atoms with Crippen molar-refractivity contribution in [1.82, 2.24) is 5.32 Å². The van der Waals surface area contributed by atoms with Crippen molar-refractivity contribution >= 4 is 15.9 Å². The number of rotatable bonds is 6. The summed E-state index contributed by atoms with van der Waals surface area (Å²) >= 11 is 3.68. The number of benzene rings is 2. The Bertz CT molecular complexity index is 551. The second kappa shape index (κ2) is 7.61. The Kier molecular flexibility index (Phi) is 5.81. The molecule has 0 spiro atoms. The molecule has 1 nitrogen and oxygen atoms in total. The van der Waals surface area contributed by atoms with Crippen LogP contribution in [0.2, 0.25) is 0 Å². The molecule has 0 fully saturated rings. The quantitative estimate of drug-likeness (QED) is 0.781. The smallest absolute Gasteiger partial charge is 0.0372 e. The van der Waals surface area contributed by atoms with E-state index in [4.69, 9.17) is 0 Å². The summed E-state index contributed by atoms with van der Waals surface area (Å²) < 4.78 is 1.18. The lowest BCUT2D eigenvalue weighted by Crippen LogP contribution is -2.24. The molecule has 1 atom stereocenters. The molecular weight excluding hydrogens is 310 g/mol. The fourth-order valence-corrected chi connectivity index (χ4v) is 3.00. The molecule has 106 valence electrons. The number of halogens is 1. The number of hydrogen-bond donors (Lipinski definition) is 1. The topological polar surface area (TPSA) is 12.0 Å². The molecule has 2 aromatic carbocycles. The maximum Gasteiger partial charge on any atom is 0.0372 e. The summed E-state index contributed by atoms with van der Waals surface area (Å²) in [4.78, 5) is 0. The third kappa shape index (κ3) is 4.19.